The Bertz CT molecular complexity index is 1400. The molecule has 10 nitrogen and oxygen atoms in total. The molecule has 2 N–H and O–H groups in total. The Morgan fingerprint density at radius 1 is 0.907 bits per heavy atom. The molecule has 10 heteroatoms. The van der Waals surface area contributed by atoms with Crippen LogP contribution >= 0.6 is 0 Å². The highest BCUT2D eigenvalue weighted by molar-refractivity contribution is 5.82. The first-order valence-electron chi connectivity index (χ1n) is 14.0. The van der Waals surface area contributed by atoms with Gasteiger partial charge in [0.2, 0.25) is 0 Å². The average Bonchev–Trinajstić information content (AvgIpc) is 3.32. The Morgan fingerprint density at radius 2 is 1.56 bits per heavy atom. The van der Waals surface area contributed by atoms with Crippen molar-refractivity contribution in [3.63, 3.8) is 0 Å². The minimum atomic E-state index is -1.11. The number of amides is 2. The van der Waals surface area contributed by atoms with E-state index in [9.17, 15) is 14.4 Å². The van der Waals surface area contributed by atoms with Crippen LogP contribution in [-0.2, 0) is 30.4 Å². The van der Waals surface area contributed by atoms with Crippen LogP contribution in [0.25, 0.3) is 11.1 Å². The highest BCUT2D eigenvalue weighted by Gasteiger charge is 2.31. The number of rotatable bonds is 12. The van der Waals surface area contributed by atoms with Crippen molar-refractivity contribution in [2.24, 2.45) is 0 Å². The van der Waals surface area contributed by atoms with Gasteiger partial charge in [-0.2, -0.15) is 0 Å². The zero-order valence-corrected chi connectivity index (χ0v) is 25.1. The second-order valence-corrected chi connectivity index (χ2v) is 11.0. The van der Waals surface area contributed by atoms with E-state index in [1.165, 1.54) is 14.2 Å². The number of alkyl carbamates (subject to hydrolysis) is 1. The number of nitrogens with one attached hydrogen (secondary N) is 2. The normalized spacial score (nSPS) is 12.9. The zero-order chi connectivity index (χ0) is 31.0. The summed E-state index contributed by atoms with van der Waals surface area (Å²) in [5.74, 6) is -0.257. The fourth-order valence-corrected chi connectivity index (χ4v) is 4.69. The first-order valence-corrected chi connectivity index (χ1v) is 14.0. The van der Waals surface area contributed by atoms with Crippen LogP contribution in [0.2, 0.25) is 0 Å². The van der Waals surface area contributed by atoms with E-state index >= 15 is 0 Å². The van der Waals surface area contributed by atoms with Gasteiger partial charge in [-0.25, -0.2) is 9.59 Å². The third-order valence-corrected chi connectivity index (χ3v) is 6.88. The topological polar surface area (TPSA) is 121 Å². The number of hydrogen-bond acceptors (Lipinski definition) is 8. The van der Waals surface area contributed by atoms with Crippen LogP contribution in [0.1, 0.15) is 43.4 Å². The number of esters is 1. The Balaban J connectivity index is 1.39. The van der Waals surface area contributed by atoms with Crippen molar-refractivity contribution in [2.75, 3.05) is 34.0 Å². The number of likely N-dealkylation sites (N-methyl/N-ethyl adjacent to an activating group) is 1. The fourth-order valence-electron chi connectivity index (χ4n) is 4.69. The molecule has 0 saturated carbocycles. The summed E-state index contributed by atoms with van der Waals surface area (Å²) in [7, 11) is 2.99. The van der Waals surface area contributed by atoms with Gasteiger partial charge in [0.25, 0.3) is 5.91 Å². The summed E-state index contributed by atoms with van der Waals surface area (Å²) >= 11 is 0. The minimum absolute atomic E-state index is 0.104. The molecule has 0 radical (unpaired) electrons. The van der Waals surface area contributed by atoms with E-state index in [2.05, 4.69) is 22.8 Å². The van der Waals surface area contributed by atoms with Crippen LogP contribution < -0.4 is 20.1 Å². The SMILES string of the molecule is CNC(=O)COc1ccc(COC(=O)[C@@H](COC(C)(C)C)NC(=O)OCC2c3ccccc3-c3ccccc32)c(OC)c1. The number of ether oxygens (including phenoxy) is 5. The second kappa shape index (κ2) is 14.1. The molecular weight excluding hydrogens is 552 g/mol. The number of methoxy groups -OCH3 is 1. The van der Waals surface area contributed by atoms with E-state index in [0.717, 1.165) is 22.3 Å². The van der Waals surface area contributed by atoms with Crippen molar-refractivity contribution in [1.82, 2.24) is 10.6 Å². The molecule has 4 rings (SSSR count). The summed E-state index contributed by atoms with van der Waals surface area (Å²) in [6.45, 7) is 5.26. The molecule has 3 aromatic carbocycles. The molecule has 43 heavy (non-hydrogen) atoms. The highest BCUT2D eigenvalue weighted by atomic mass is 16.6. The highest BCUT2D eigenvalue weighted by Crippen LogP contribution is 2.44. The zero-order valence-electron chi connectivity index (χ0n) is 25.1. The Hall–Kier alpha value is -4.57. The molecule has 0 bridgehead atoms. The van der Waals surface area contributed by atoms with E-state index < -0.39 is 23.7 Å². The Kier molecular flexibility index (Phi) is 10.3. The third kappa shape index (κ3) is 8.26. The predicted molar refractivity (Wildman–Crippen MR) is 160 cm³/mol. The molecule has 0 saturated heterocycles. The molecule has 0 heterocycles. The lowest BCUT2D eigenvalue weighted by atomic mass is 9.98. The molecular formula is C33H38N2O8. The maximum atomic E-state index is 13.2. The van der Waals surface area contributed by atoms with Gasteiger partial charge in [-0.15, -0.1) is 0 Å². The van der Waals surface area contributed by atoms with Crippen LogP contribution in [0.4, 0.5) is 4.79 Å². The standard InChI is InChI=1S/C33H38N2O8/c1-33(2,3)43-19-28(31(37)41-17-21-14-15-22(16-29(21)39-5)40-20-30(36)34-4)35-32(38)42-18-27-25-12-8-6-10-23(25)24-11-7-9-13-26(24)27/h6-16,27-28H,17-20H2,1-5H3,(H,34,36)(H,35,38)/t28-/m1/s1. The molecule has 228 valence electrons. The summed E-state index contributed by atoms with van der Waals surface area (Å²) in [6.07, 6.45) is -0.753. The first kappa shape index (κ1) is 31.4. The molecule has 1 aliphatic rings. The molecule has 2 amide bonds. The van der Waals surface area contributed by atoms with Crippen molar-refractivity contribution in [3.05, 3.63) is 83.4 Å². The number of benzene rings is 3. The Morgan fingerprint density at radius 3 is 2.16 bits per heavy atom. The average molecular weight is 591 g/mol. The van der Waals surface area contributed by atoms with Gasteiger partial charge in [0.15, 0.2) is 12.6 Å². The maximum Gasteiger partial charge on any atom is 0.407 e. The molecule has 1 atom stereocenters. The van der Waals surface area contributed by atoms with Crippen molar-refractivity contribution >= 4 is 18.0 Å². The third-order valence-electron chi connectivity index (χ3n) is 6.88. The largest absolute Gasteiger partial charge is 0.496 e. The number of carbonyl (C=O) groups excluding carboxylic acids is 3. The van der Waals surface area contributed by atoms with Gasteiger partial charge in [-0.1, -0.05) is 48.5 Å². The second-order valence-electron chi connectivity index (χ2n) is 11.0. The molecule has 0 unspecified atom stereocenters. The molecule has 1 aliphatic carbocycles. The van der Waals surface area contributed by atoms with Crippen LogP contribution in [0, 0.1) is 0 Å². The van der Waals surface area contributed by atoms with Gasteiger partial charge in [-0.05, 0) is 55.2 Å². The predicted octanol–water partition coefficient (Wildman–Crippen LogP) is 4.59. The first-order chi connectivity index (χ1) is 20.6. The fraction of sp³-hybridized carbons (Fsp3) is 0.364. The summed E-state index contributed by atoms with van der Waals surface area (Å²) in [4.78, 5) is 37.6. The summed E-state index contributed by atoms with van der Waals surface area (Å²) in [5.41, 5.74) is 4.42. The number of fused-ring (bicyclic) bond motifs is 3. The van der Waals surface area contributed by atoms with Crippen molar-refractivity contribution in [1.29, 1.82) is 0 Å². The van der Waals surface area contributed by atoms with E-state index in [1.807, 2.05) is 57.2 Å². The van der Waals surface area contributed by atoms with E-state index in [1.54, 1.807) is 18.2 Å². The smallest absolute Gasteiger partial charge is 0.407 e. The molecule has 0 fully saturated rings. The van der Waals surface area contributed by atoms with Crippen molar-refractivity contribution in [3.8, 4) is 22.6 Å². The maximum absolute atomic E-state index is 13.2. The van der Waals surface area contributed by atoms with Gasteiger partial charge in [0, 0.05) is 24.6 Å². The van der Waals surface area contributed by atoms with E-state index in [-0.39, 0.29) is 38.3 Å². The minimum Gasteiger partial charge on any atom is -0.496 e. The number of carbonyl (C=O) groups is 3. The number of hydrogen-bond donors (Lipinski definition) is 2. The summed E-state index contributed by atoms with van der Waals surface area (Å²) in [5, 5.41) is 5.10. The quantitative estimate of drug-likeness (QED) is 0.294. The lowest BCUT2D eigenvalue weighted by Gasteiger charge is -2.24. The van der Waals surface area contributed by atoms with Crippen LogP contribution in [-0.4, -0.2) is 63.6 Å². The Labute approximate surface area is 251 Å². The van der Waals surface area contributed by atoms with Gasteiger partial charge < -0.3 is 34.3 Å². The van der Waals surface area contributed by atoms with Gasteiger partial charge >= 0.3 is 12.1 Å². The van der Waals surface area contributed by atoms with E-state index in [4.69, 9.17) is 23.7 Å². The molecule has 0 spiro atoms. The van der Waals surface area contributed by atoms with Crippen LogP contribution in [0.3, 0.4) is 0 Å². The van der Waals surface area contributed by atoms with Gasteiger partial charge in [-0.3, -0.25) is 4.79 Å². The molecule has 3 aromatic rings. The lowest BCUT2D eigenvalue weighted by molar-refractivity contribution is -0.150. The van der Waals surface area contributed by atoms with Gasteiger partial charge in [0.1, 0.15) is 24.7 Å². The van der Waals surface area contributed by atoms with Gasteiger partial charge in [0.05, 0.1) is 19.3 Å². The summed E-state index contributed by atoms with van der Waals surface area (Å²) in [6, 6.07) is 19.9. The van der Waals surface area contributed by atoms with Crippen LogP contribution in [0.15, 0.2) is 66.7 Å². The molecule has 0 aliphatic heterocycles. The summed E-state index contributed by atoms with van der Waals surface area (Å²) < 4.78 is 27.9. The monoisotopic (exact) mass is 590 g/mol. The lowest BCUT2D eigenvalue weighted by Crippen LogP contribution is -2.46. The molecule has 0 aromatic heterocycles. The van der Waals surface area contributed by atoms with Crippen LogP contribution in [0.5, 0.6) is 11.5 Å². The van der Waals surface area contributed by atoms with Crippen molar-refractivity contribution in [2.45, 2.75) is 44.9 Å². The van der Waals surface area contributed by atoms with E-state index in [0.29, 0.717) is 17.1 Å². The van der Waals surface area contributed by atoms with Crippen molar-refractivity contribution < 1.29 is 38.1 Å².